The van der Waals surface area contributed by atoms with Crippen LogP contribution in [-0.2, 0) is 0 Å². The number of hydrogen-bond acceptors (Lipinski definition) is 4. The van der Waals surface area contributed by atoms with Gasteiger partial charge in [0.1, 0.15) is 45.4 Å². The van der Waals surface area contributed by atoms with Crippen molar-refractivity contribution in [2.45, 2.75) is 105 Å². The molecule has 0 saturated heterocycles. The van der Waals surface area contributed by atoms with Crippen LogP contribution < -0.4 is 18.9 Å². The number of fused-ring (bicyclic) bond motifs is 2. The van der Waals surface area contributed by atoms with Gasteiger partial charge in [-0.1, -0.05) is 24.3 Å². The lowest BCUT2D eigenvalue weighted by atomic mass is 9.97. The summed E-state index contributed by atoms with van der Waals surface area (Å²) in [6.45, 7) is 24.7. The summed E-state index contributed by atoms with van der Waals surface area (Å²) in [5.74, 6) is 3.04. The molecule has 0 N–H and O–H groups in total. The maximum Gasteiger partial charge on any atom is 0.139 e. The topological polar surface area (TPSA) is 36.9 Å². The zero-order valence-electron chi connectivity index (χ0n) is 23.1. The van der Waals surface area contributed by atoms with Gasteiger partial charge in [-0.3, -0.25) is 0 Å². The van der Waals surface area contributed by atoms with Gasteiger partial charge >= 0.3 is 0 Å². The summed E-state index contributed by atoms with van der Waals surface area (Å²) in [6, 6.07) is 12.2. The van der Waals surface area contributed by atoms with Crippen molar-refractivity contribution in [2.75, 3.05) is 0 Å². The lowest BCUT2D eigenvalue weighted by Gasteiger charge is -2.31. The van der Waals surface area contributed by atoms with Crippen LogP contribution in [0, 0.1) is 0 Å². The maximum atomic E-state index is 6.66. The first kappa shape index (κ1) is 26.0. The van der Waals surface area contributed by atoms with E-state index >= 15 is 0 Å². The molecular formula is C30H42O4. The smallest absolute Gasteiger partial charge is 0.139 e. The summed E-state index contributed by atoms with van der Waals surface area (Å²) in [6.07, 6.45) is 0. The Balaban J connectivity index is 2.60. The van der Waals surface area contributed by atoms with E-state index < -0.39 is 22.4 Å². The van der Waals surface area contributed by atoms with E-state index in [2.05, 4.69) is 95.2 Å². The predicted molar refractivity (Wildman–Crippen MR) is 143 cm³/mol. The zero-order valence-corrected chi connectivity index (χ0v) is 23.1. The quantitative estimate of drug-likeness (QED) is 0.360. The van der Waals surface area contributed by atoms with Gasteiger partial charge in [-0.05, 0) is 95.2 Å². The SMILES string of the molecule is CC(C)(C)Oc1ccc(OC(C)(C)C)c2c(OC(C)(C)C)c3ccccc3c(OC(C)(C)C)c12. The molecule has 4 heteroatoms. The second-order valence-electron chi connectivity index (χ2n) is 12.9. The fourth-order valence-electron chi connectivity index (χ4n) is 3.82. The molecule has 0 aliphatic heterocycles. The van der Waals surface area contributed by atoms with E-state index in [4.69, 9.17) is 18.9 Å². The molecule has 0 aliphatic rings. The summed E-state index contributed by atoms with van der Waals surface area (Å²) in [7, 11) is 0. The molecule has 186 valence electrons. The van der Waals surface area contributed by atoms with E-state index in [1.54, 1.807) is 0 Å². The number of rotatable bonds is 4. The zero-order chi connectivity index (χ0) is 25.7. The first-order valence-electron chi connectivity index (χ1n) is 12.1. The number of hydrogen-bond donors (Lipinski definition) is 0. The average Bonchev–Trinajstić information content (AvgIpc) is 2.61. The van der Waals surface area contributed by atoms with Crippen LogP contribution in [0.1, 0.15) is 83.1 Å². The van der Waals surface area contributed by atoms with Gasteiger partial charge in [-0.15, -0.1) is 0 Å². The van der Waals surface area contributed by atoms with E-state index in [0.29, 0.717) is 0 Å². The third kappa shape index (κ3) is 6.28. The van der Waals surface area contributed by atoms with Gasteiger partial charge in [-0.2, -0.15) is 0 Å². The van der Waals surface area contributed by atoms with Crippen LogP contribution in [0.5, 0.6) is 23.0 Å². The average molecular weight is 467 g/mol. The highest BCUT2D eigenvalue weighted by atomic mass is 16.5. The summed E-state index contributed by atoms with van der Waals surface area (Å²) in [4.78, 5) is 0. The van der Waals surface area contributed by atoms with Gasteiger partial charge in [0, 0.05) is 10.8 Å². The standard InChI is InChI=1S/C30H42O4/c1-27(2,3)31-21-17-18-22(32-28(4,5)6)24-23(21)25(33-29(7,8)9)19-15-13-14-16-20(19)26(24)34-30(10,11)12/h13-18H,1-12H3. The van der Waals surface area contributed by atoms with E-state index in [0.717, 1.165) is 44.5 Å². The lowest BCUT2D eigenvalue weighted by Crippen LogP contribution is -2.27. The fraction of sp³-hybridized carbons (Fsp3) is 0.533. The Morgan fingerprint density at radius 3 is 0.971 bits per heavy atom. The predicted octanol–water partition coefficient (Wildman–Crippen LogP) is 8.70. The Morgan fingerprint density at radius 1 is 0.412 bits per heavy atom. The fourth-order valence-corrected chi connectivity index (χ4v) is 3.82. The molecule has 0 unspecified atom stereocenters. The van der Waals surface area contributed by atoms with Crippen LogP contribution in [0.4, 0.5) is 0 Å². The van der Waals surface area contributed by atoms with Crippen molar-refractivity contribution in [1.82, 2.24) is 0 Å². The molecule has 34 heavy (non-hydrogen) atoms. The third-order valence-electron chi connectivity index (χ3n) is 4.65. The molecule has 0 amide bonds. The van der Waals surface area contributed by atoms with E-state index in [1.165, 1.54) is 0 Å². The van der Waals surface area contributed by atoms with Crippen molar-refractivity contribution in [3.8, 4) is 23.0 Å². The van der Waals surface area contributed by atoms with E-state index in [-0.39, 0.29) is 0 Å². The molecule has 0 fully saturated rings. The summed E-state index contributed by atoms with van der Waals surface area (Å²) < 4.78 is 26.3. The van der Waals surface area contributed by atoms with Crippen molar-refractivity contribution < 1.29 is 18.9 Å². The molecule has 4 nitrogen and oxygen atoms in total. The highest BCUT2D eigenvalue weighted by Gasteiger charge is 2.29. The second-order valence-corrected chi connectivity index (χ2v) is 12.9. The van der Waals surface area contributed by atoms with Gasteiger partial charge in [0.25, 0.3) is 0 Å². The first-order valence-corrected chi connectivity index (χ1v) is 12.1. The van der Waals surface area contributed by atoms with Crippen LogP contribution in [-0.4, -0.2) is 22.4 Å². The molecular weight excluding hydrogens is 424 g/mol. The van der Waals surface area contributed by atoms with E-state index in [9.17, 15) is 0 Å². The monoisotopic (exact) mass is 466 g/mol. The first-order chi connectivity index (χ1) is 15.3. The normalized spacial score (nSPS) is 13.3. The molecule has 0 saturated carbocycles. The van der Waals surface area contributed by atoms with Gasteiger partial charge < -0.3 is 18.9 Å². The van der Waals surface area contributed by atoms with Crippen LogP contribution >= 0.6 is 0 Å². The molecule has 0 heterocycles. The van der Waals surface area contributed by atoms with Crippen molar-refractivity contribution in [2.24, 2.45) is 0 Å². The molecule has 0 aliphatic carbocycles. The molecule has 3 aromatic rings. The molecule has 0 spiro atoms. The Bertz CT molecular complexity index is 1090. The maximum absolute atomic E-state index is 6.66. The summed E-state index contributed by atoms with van der Waals surface area (Å²) >= 11 is 0. The van der Waals surface area contributed by atoms with Crippen molar-refractivity contribution in [3.63, 3.8) is 0 Å². The summed E-state index contributed by atoms with van der Waals surface area (Å²) in [5, 5.41) is 3.70. The van der Waals surface area contributed by atoms with Crippen LogP contribution in [0.15, 0.2) is 36.4 Å². The molecule has 3 rings (SSSR count). The lowest BCUT2D eigenvalue weighted by molar-refractivity contribution is 0.121. The second kappa shape index (κ2) is 8.55. The van der Waals surface area contributed by atoms with Gasteiger partial charge in [0.2, 0.25) is 0 Å². The third-order valence-corrected chi connectivity index (χ3v) is 4.65. The van der Waals surface area contributed by atoms with E-state index in [1.807, 2.05) is 24.3 Å². The number of benzene rings is 3. The summed E-state index contributed by atoms with van der Waals surface area (Å²) in [5.41, 5.74) is -1.62. The Kier molecular flexibility index (Phi) is 6.54. The van der Waals surface area contributed by atoms with Crippen molar-refractivity contribution in [1.29, 1.82) is 0 Å². The van der Waals surface area contributed by atoms with Crippen LogP contribution in [0.3, 0.4) is 0 Å². The minimum Gasteiger partial charge on any atom is -0.487 e. The van der Waals surface area contributed by atoms with Crippen LogP contribution in [0.2, 0.25) is 0 Å². The minimum absolute atomic E-state index is 0.394. The highest BCUT2D eigenvalue weighted by Crippen LogP contribution is 2.52. The van der Waals surface area contributed by atoms with Crippen molar-refractivity contribution in [3.05, 3.63) is 36.4 Å². The Morgan fingerprint density at radius 2 is 0.706 bits per heavy atom. The Hall–Kier alpha value is -2.62. The molecule has 3 aromatic carbocycles. The van der Waals surface area contributed by atoms with Gasteiger partial charge in [0.15, 0.2) is 0 Å². The molecule has 0 aromatic heterocycles. The molecule has 0 atom stereocenters. The molecule has 0 bridgehead atoms. The minimum atomic E-state index is -0.415. The van der Waals surface area contributed by atoms with Gasteiger partial charge in [-0.25, -0.2) is 0 Å². The Labute approximate surface area is 205 Å². The van der Waals surface area contributed by atoms with Crippen LogP contribution in [0.25, 0.3) is 21.5 Å². The molecule has 0 radical (unpaired) electrons. The van der Waals surface area contributed by atoms with Crippen molar-refractivity contribution >= 4 is 21.5 Å². The number of ether oxygens (including phenoxy) is 4. The largest absolute Gasteiger partial charge is 0.487 e. The highest BCUT2D eigenvalue weighted by molar-refractivity contribution is 6.15. The van der Waals surface area contributed by atoms with Gasteiger partial charge in [0.05, 0.1) is 10.8 Å².